The van der Waals surface area contributed by atoms with Crippen LogP contribution in [-0.4, -0.2) is 34.4 Å². The van der Waals surface area contributed by atoms with E-state index in [0.717, 1.165) is 37.1 Å². The van der Waals surface area contributed by atoms with Gasteiger partial charge in [0.15, 0.2) is 0 Å². The number of esters is 1. The second kappa shape index (κ2) is 12.5. The molecule has 41 heavy (non-hydrogen) atoms. The highest BCUT2D eigenvalue weighted by atomic mass is 79.9. The van der Waals surface area contributed by atoms with Gasteiger partial charge in [0, 0.05) is 54.7 Å². The number of ketones is 1. The van der Waals surface area contributed by atoms with Gasteiger partial charge in [-0.3, -0.25) is 4.79 Å². The maximum absolute atomic E-state index is 14.3. The van der Waals surface area contributed by atoms with Crippen LogP contribution in [0, 0.1) is 11.8 Å². The van der Waals surface area contributed by atoms with E-state index in [9.17, 15) is 9.59 Å². The van der Waals surface area contributed by atoms with Crippen LogP contribution in [0.15, 0.2) is 87.3 Å². The van der Waals surface area contributed by atoms with E-state index in [2.05, 4.69) is 62.2 Å². The highest BCUT2D eigenvalue weighted by Gasteiger charge is 2.54. The number of ether oxygens (including phenoxy) is 2. The van der Waals surface area contributed by atoms with Crippen LogP contribution in [0.5, 0.6) is 5.75 Å². The largest absolute Gasteiger partial charge is 0.485 e. The Kier molecular flexibility index (Phi) is 8.95. The Bertz CT molecular complexity index is 1490. The zero-order valence-electron chi connectivity index (χ0n) is 22.1. The zero-order valence-corrected chi connectivity index (χ0v) is 27.7. The molecule has 5 atom stereocenters. The third-order valence-corrected chi connectivity index (χ3v) is 12.3. The Morgan fingerprint density at radius 2 is 1.59 bits per heavy atom. The van der Waals surface area contributed by atoms with Crippen LogP contribution >= 0.6 is 67.0 Å². The fraction of sp³-hybridized carbons (Fsp3) is 0.312. The molecule has 0 aromatic heterocycles. The summed E-state index contributed by atoms with van der Waals surface area (Å²) in [6, 6.07) is 21.8. The summed E-state index contributed by atoms with van der Waals surface area (Å²) in [7, 11) is 0. The third-order valence-electron chi connectivity index (χ3n) is 7.94. The molecule has 0 radical (unpaired) electrons. The Morgan fingerprint density at radius 3 is 2.22 bits per heavy atom. The van der Waals surface area contributed by atoms with Crippen molar-refractivity contribution < 1.29 is 19.1 Å². The van der Waals surface area contributed by atoms with Crippen molar-refractivity contribution in [2.45, 2.75) is 29.4 Å². The summed E-state index contributed by atoms with van der Waals surface area (Å²) in [5.41, 5.74) is 4.03. The van der Waals surface area contributed by atoms with E-state index in [4.69, 9.17) is 21.1 Å². The van der Waals surface area contributed by atoms with Crippen molar-refractivity contribution in [2.75, 3.05) is 18.1 Å². The maximum atomic E-state index is 14.3. The summed E-state index contributed by atoms with van der Waals surface area (Å²) < 4.78 is 14.2. The van der Waals surface area contributed by atoms with Gasteiger partial charge in [-0.1, -0.05) is 73.8 Å². The van der Waals surface area contributed by atoms with Gasteiger partial charge in [0.1, 0.15) is 11.9 Å². The number of carbonyl (C=O) groups is 2. The van der Waals surface area contributed by atoms with Crippen molar-refractivity contribution in [1.82, 2.24) is 0 Å². The van der Waals surface area contributed by atoms with Crippen LogP contribution in [0.4, 0.5) is 0 Å². The summed E-state index contributed by atoms with van der Waals surface area (Å²) >= 11 is 17.5. The molecule has 1 aliphatic carbocycles. The first-order chi connectivity index (χ1) is 19.9. The van der Waals surface area contributed by atoms with Gasteiger partial charge in [-0.05, 0) is 66.1 Å². The number of hydrogen-bond donors (Lipinski definition) is 0. The van der Waals surface area contributed by atoms with Gasteiger partial charge in [0.05, 0.1) is 11.2 Å². The molecule has 0 saturated carbocycles. The van der Waals surface area contributed by atoms with Crippen molar-refractivity contribution in [1.29, 1.82) is 0 Å². The predicted octanol–water partition coefficient (Wildman–Crippen LogP) is 8.98. The van der Waals surface area contributed by atoms with Crippen LogP contribution in [0.3, 0.4) is 0 Å². The van der Waals surface area contributed by atoms with E-state index in [0.29, 0.717) is 10.8 Å². The van der Waals surface area contributed by atoms with Crippen LogP contribution in [0.25, 0.3) is 0 Å². The van der Waals surface area contributed by atoms with Gasteiger partial charge in [0.25, 0.3) is 0 Å². The highest BCUT2D eigenvalue weighted by Crippen LogP contribution is 2.60. The van der Waals surface area contributed by atoms with E-state index >= 15 is 0 Å². The van der Waals surface area contributed by atoms with E-state index in [1.165, 1.54) is 5.57 Å². The summed E-state index contributed by atoms with van der Waals surface area (Å²) in [5, 5.41) is 0.562. The Morgan fingerprint density at radius 1 is 0.951 bits per heavy atom. The minimum atomic E-state index is -0.790. The first-order valence-corrected chi connectivity index (χ1v) is 17.5. The number of Topliss-reactive ketones (excluding diaryl/α,β-unsaturated/α-hetero) is 1. The molecule has 0 bridgehead atoms. The van der Waals surface area contributed by atoms with Crippen LogP contribution < -0.4 is 4.74 Å². The minimum absolute atomic E-state index is 0.137. The molecular formula is C32H27Br2ClO4S2. The standard InChI is InChI=1S/C32H27Br2ClO4S2/c1-2-38-31(37)29(36)28-26(17-3-7-19(33)8-4-17)24(32-40-13-14-41-32)16-23-27(28)22-15-21(35)11-12-25(22)39-30(23)18-5-9-20(34)10-6-18/h3-12,15-16,23,26-28,30,32H,2,13-14H2,1H3/t23-,26+,27+,28-,30+/m0/s1. The van der Waals surface area contributed by atoms with E-state index in [1.54, 1.807) is 6.92 Å². The quantitative estimate of drug-likeness (QED) is 0.143. The second-order valence-electron chi connectivity index (χ2n) is 10.3. The van der Waals surface area contributed by atoms with Gasteiger partial charge >= 0.3 is 5.97 Å². The smallest absolute Gasteiger partial charge is 0.374 e. The summed E-state index contributed by atoms with van der Waals surface area (Å²) in [6.07, 6.45) is 2.00. The lowest BCUT2D eigenvalue weighted by molar-refractivity contribution is -0.156. The van der Waals surface area contributed by atoms with Crippen molar-refractivity contribution in [3.8, 4) is 5.75 Å². The monoisotopic (exact) mass is 732 g/mol. The summed E-state index contributed by atoms with van der Waals surface area (Å²) in [6.45, 7) is 1.86. The normalized spacial score (nSPS) is 25.5. The molecule has 4 nitrogen and oxygen atoms in total. The molecule has 1 fully saturated rings. The molecule has 2 aliphatic heterocycles. The van der Waals surface area contributed by atoms with Crippen LogP contribution in [-0.2, 0) is 14.3 Å². The number of thioether (sulfide) groups is 2. The van der Waals surface area contributed by atoms with Gasteiger partial charge < -0.3 is 9.47 Å². The summed E-state index contributed by atoms with van der Waals surface area (Å²) in [5.74, 6) is -0.0875. The first-order valence-electron chi connectivity index (χ1n) is 13.5. The Labute approximate surface area is 270 Å². The maximum Gasteiger partial charge on any atom is 0.374 e. The number of halogens is 3. The minimum Gasteiger partial charge on any atom is -0.485 e. The van der Waals surface area contributed by atoms with E-state index < -0.39 is 17.7 Å². The average Bonchev–Trinajstić information content (AvgIpc) is 3.52. The Balaban J connectivity index is 1.61. The highest BCUT2D eigenvalue weighted by molar-refractivity contribution is 9.10. The summed E-state index contributed by atoms with van der Waals surface area (Å²) in [4.78, 5) is 27.6. The molecule has 0 amide bonds. The molecule has 2 heterocycles. The van der Waals surface area contributed by atoms with Crippen LogP contribution in [0.1, 0.15) is 41.6 Å². The molecule has 0 unspecified atom stereocenters. The molecule has 6 rings (SSSR count). The Hall–Kier alpha value is -1.71. The first kappa shape index (κ1) is 29.4. The molecule has 9 heteroatoms. The number of benzene rings is 3. The fourth-order valence-corrected chi connectivity index (χ4v) is 10.0. The van der Waals surface area contributed by atoms with E-state index in [-0.39, 0.29) is 35.0 Å². The molecule has 1 saturated heterocycles. The van der Waals surface area contributed by atoms with Crippen molar-refractivity contribution >= 4 is 78.7 Å². The molecule has 3 aromatic carbocycles. The van der Waals surface area contributed by atoms with Gasteiger partial charge in [0.2, 0.25) is 5.78 Å². The predicted molar refractivity (Wildman–Crippen MR) is 174 cm³/mol. The third kappa shape index (κ3) is 5.79. The van der Waals surface area contributed by atoms with Crippen molar-refractivity contribution in [3.05, 3.63) is 109 Å². The average molecular weight is 735 g/mol. The second-order valence-corrected chi connectivity index (χ2v) is 15.2. The lowest BCUT2D eigenvalue weighted by Crippen LogP contribution is -2.45. The molecule has 0 N–H and O–H groups in total. The molecule has 0 spiro atoms. The lowest BCUT2D eigenvalue weighted by Gasteiger charge is -2.48. The van der Waals surface area contributed by atoms with Gasteiger partial charge in [-0.15, -0.1) is 23.5 Å². The van der Waals surface area contributed by atoms with Crippen molar-refractivity contribution in [3.63, 3.8) is 0 Å². The SMILES string of the molecule is CCOC(=O)C(=O)[C@@H]1[C@@H]2c3cc(Cl)ccc3O[C@H](c3ccc(Br)cc3)[C@H]2C=C(C2SCCS2)[C@H]1c1ccc(Br)cc1. The number of fused-ring (bicyclic) bond motifs is 3. The topological polar surface area (TPSA) is 52.6 Å². The fourth-order valence-electron chi connectivity index (χ4n) is 6.30. The van der Waals surface area contributed by atoms with Crippen molar-refractivity contribution in [2.24, 2.45) is 11.8 Å². The van der Waals surface area contributed by atoms with Gasteiger partial charge in [-0.25, -0.2) is 4.79 Å². The number of carbonyl (C=O) groups excluding carboxylic acids is 2. The van der Waals surface area contributed by atoms with Crippen LogP contribution in [0.2, 0.25) is 5.02 Å². The lowest BCUT2D eigenvalue weighted by atomic mass is 9.59. The molecular weight excluding hydrogens is 708 g/mol. The molecule has 3 aliphatic rings. The molecule has 3 aromatic rings. The zero-order chi connectivity index (χ0) is 28.7. The molecule has 212 valence electrons. The number of hydrogen-bond acceptors (Lipinski definition) is 6. The van der Waals surface area contributed by atoms with E-state index in [1.807, 2.05) is 66.0 Å². The number of rotatable bonds is 6. The van der Waals surface area contributed by atoms with Gasteiger partial charge in [-0.2, -0.15) is 0 Å².